The van der Waals surface area contributed by atoms with Gasteiger partial charge in [0, 0.05) is 55.9 Å². The third kappa shape index (κ3) is 8.99. The summed E-state index contributed by atoms with van der Waals surface area (Å²) in [5.74, 6) is -0.831. The molecule has 5 N–H and O–H groups in total. The number of benzene rings is 2. The summed E-state index contributed by atoms with van der Waals surface area (Å²) in [7, 11) is 2.00. The van der Waals surface area contributed by atoms with Crippen LogP contribution in [0.2, 0.25) is 0 Å². The number of nitrogens with zero attached hydrogens (tertiary/aromatic N) is 4. The van der Waals surface area contributed by atoms with E-state index in [-0.39, 0.29) is 22.7 Å². The summed E-state index contributed by atoms with van der Waals surface area (Å²) in [4.78, 5) is 35.3. The number of piperazine rings is 1. The molecular formula is C30H32F3N7O3S. The van der Waals surface area contributed by atoms with Gasteiger partial charge in [0.1, 0.15) is 10.7 Å². The van der Waals surface area contributed by atoms with Gasteiger partial charge < -0.3 is 26.4 Å². The summed E-state index contributed by atoms with van der Waals surface area (Å²) in [5.41, 5.74) is 6.98. The van der Waals surface area contributed by atoms with E-state index in [1.54, 1.807) is 30.5 Å². The number of alkyl halides is 3. The van der Waals surface area contributed by atoms with Gasteiger partial charge in [0.05, 0.1) is 11.8 Å². The second-order valence-corrected chi connectivity index (χ2v) is 11.2. The van der Waals surface area contributed by atoms with E-state index in [1.165, 1.54) is 24.4 Å². The first-order chi connectivity index (χ1) is 20.9. The Morgan fingerprint density at radius 3 is 2.41 bits per heavy atom. The lowest BCUT2D eigenvalue weighted by atomic mass is 10.0. The maximum Gasteiger partial charge on any atom is 0.416 e. The normalized spacial score (nSPS) is 13.9. The standard InChI is InChI=1S/C21H25F3N4O.C9H7N3O2S/c1-14-3-4-15(11-19(14)25)20(29)26-17-6-5-16(18(12-17)21(22,23)24)13-28-9-7-27(2)8-10-28;13-8(14)6-5-11-9(15-6)12-7-3-1-2-4-10-7/h3-6,11-12H,7-10,13,25H2,1-2H3,(H,26,29);1-5H,(H,13,14)(H,10,11,12). The number of aryl methyl sites for hydroxylation is 1. The van der Waals surface area contributed by atoms with E-state index in [2.05, 4.69) is 25.5 Å². The number of carboxylic acids is 1. The molecule has 5 rings (SSSR count). The Balaban J connectivity index is 0.000000246. The minimum Gasteiger partial charge on any atom is -0.477 e. The lowest BCUT2D eigenvalue weighted by molar-refractivity contribution is -0.138. The molecule has 0 aliphatic carbocycles. The lowest BCUT2D eigenvalue weighted by Gasteiger charge is -2.33. The van der Waals surface area contributed by atoms with E-state index in [1.807, 2.05) is 24.9 Å². The summed E-state index contributed by atoms with van der Waals surface area (Å²) >= 11 is 1.07. The number of aromatic nitrogens is 2. The van der Waals surface area contributed by atoms with Crippen molar-refractivity contribution in [3.8, 4) is 0 Å². The number of nitrogens with two attached hydrogens (primary N) is 1. The zero-order valence-corrected chi connectivity index (χ0v) is 24.9. The van der Waals surface area contributed by atoms with Crippen LogP contribution in [0.4, 0.5) is 35.5 Å². The van der Waals surface area contributed by atoms with Gasteiger partial charge in [0.2, 0.25) is 0 Å². The maximum absolute atomic E-state index is 13.6. The van der Waals surface area contributed by atoms with Crippen molar-refractivity contribution in [3.63, 3.8) is 0 Å². The first-order valence-corrected chi connectivity index (χ1v) is 14.4. The first-order valence-electron chi connectivity index (χ1n) is 13.5. The predicted molar refractivity (Wildman–Crippen MR) is 164 cm³/mol. The Hall–Kier alpha value is -4.53. The van der Waals surface area contributed by atoms with Crippen molar-refractivity contribution in [2.24, 2.45) is 0 Å². The molecule has 2 aromatic carbocycles. The van der Waals surface area contributed by atoms with Crippen LogP contribution in [0, 0.1) is 6.92 Å². The Kier molecular flexibility index (Phi) is 10.5. The number of halogens is 3. The van der Waals surface area contributed by atoms with Crippen molar-refractivity contribution in [1.29, 1.82) is 0 Å². The number of amides is 1. The van der Waals surface area contributed by atoms with E-state index < -0.39 is 23.6 Å². The monoisotopic (exact) mass is 627 g/mol. The fourth-order valence-corrected chi connectivity index (χ4v) is 4.93. The molecule has 232 valence electrons. The van der Waals surface area contributed by atoms with Crippen molar-refractivity contribution >= 4 is 45.5 Å². The van der Waals surface area contributed by atoms with Crippen LogP contribution < -0.4 is 16.4 Å². The SMILES string of the molecule is Cc1ccc(C(=O)Nc2ccc(CN3CCN(C)CC3)c(C(F)(F)F)c2)cc1N.O=C(O)c1cnc(Nc2ccccn2)s1. The zero-order chi connectivity index (χ0) is 31.9. The number of pyridine rings is 1. The van der Waals surface area contributed by atoms with Gasteiger partial charge >= 0.3 is 12.1 Å². The van der Waals surface area contributed by atoms with Crippen molar-refractivity contribution in [2.45, 2.75) is 19.6 Å². The number of likely N-dealkylation sites (N-methyl/N-ethyl adjacent to an activating group) is 1. The molecule has 3 heterocycles. The van der Waals surface area contributed by atoms with Gasteiger partial charge in [0.15, 0.2) is 5.13 Å². The van der Waals surface area contributed by atoms with Crippen molar-refractivity contribution in [1.82, 2.24) is 19.8 Å². The quantitative estimate of drug-likeness (QED) is 0.194. The molecule has 1 saturated heterocycles. The number of carbonyl (C=O) groups excluding carboxylic acids is 1. The van der Waals surface area contributed by atoms with Gasteiger partial charge in [-0.1, -0.05) is 29.5 Å². The Morgan fingerprint density at radius 1 is 1.05 bits per heavy atom. The molecule has 0 atom stereocenters. The number of aromatic carboxylic acids is 1. The minimum atomic E-state index is -4.50. The molecule has 10 nitrogen and oxygen atoms in total. The molecule has 2 aromatic heterocycles. The molecular weight excluding hydrogens is 595 g/mol. The number of thiazole rings is 1. The topological polar surface area (TPSA) is 137 Å². The van der Waals surface area contributed by atoms with Crippen LogP contribution in [0.15, 0.2) is 67.0 Å². The van der Waals surface area contributed by atoms with Gasteiger partial charge in [0.25, 0.3) is 5.91 Å². The second-order valence-electron chi connectivity index (χ2n) is 10.1. The van der Waals surface area contributed by atoms with Gasteiger partial charge in [-0.3, -0.25) is 9.69 Å². The number of rotatable bonds is 7. The number of nitrogen functional groups attached to an aromatic ring is 1. The summed E-state index contributed by atoms with van der Waals surface area (Å²) in [5, 5.41) is 14.7. The molecule has 44 heavy (non-hydrogen) atoms. The van der Waals surface area contributed by atoms with E-state index >= 15 is 0 Å². The Labute approximate surface area is 256 Å². The molecule has 0 saturated carbocycles. The fourth-order valence-electron chi connectivity index (χ4n) is 4.26. The maximum atomic E-state index is 13.6. The Morgan fingerprint density at radius 2 is 1.80 bits per heavy atom. The van der Waals surface area contributed by atoms with Gasteiger partial charge in [-0.05, 0) is 61.5 Å². The Bertz CT molecular complexity index is 1590. The van der Waals surface area contributed by atoms with E-state index in [9.17, 15) is 22.8 Å². The minimum absolute atomic E-state index is 0.101. The van der Waals surface area contributed by atoms with Crippen LogP contribution >= 0.6 is 11.3 Å². The summed E-state index contributed by atoms with van der Waals surface area (Å²) in [6.45, 7) is 5.14. The molecule has 14 heteroatoms. The highest BCUT2D eigenvalue weighted by Crippen LogP contribution is 2.35. The molecule has 0 unspecified atom stereocenters. The van der Waals surface area contributed by atoms with Crippen molar-refractivity contribution < 1.29 is 27.9 Å². The van der Waals surface area contributed by atoms with Crippen molar-refractivity contribution in [2.75, 3.05) is 49.6 Å². The van der Waals surface area contributed by atoms with Gasteiger partial charge in [-0.15, -0.1) is 0 Å². The van der Waals surface area contributed by atoms with E-state index in [0.717, 1.165) is 49.1 Å². The number of carboxylic acid groups (broad SMARTS) is 1. The molecule has 1 aliphatic rings. The second kappa shape index (κ2) is 14.3. The highest BCUT2D eigenvalue weighted by Gasteiger charge is 2.34. The number of nitrogens with one attached hydrogen (secondary N) is 2. The summed E-state index contributed by atoms with van der Waals surface area (Å²) in [6, 6.07) is 14.2. The molecule has 4 aromatic rings. The molecule has 0 radical (unpaired) electrons. The smallest absolute Gasteiger partial charge is 0.416 e. The van der Waals surface area contributed by atoms with Crippen LogP contribution in [-0.2, 0) is 12.7 Å². The molecule has 1 fully saturated rings. The van der Waals surface area contributed by atoms with Gasteiger partial charge in [-0.25, -0.2) is 14.8 Å². The fraction of sp³-hybridized carbons (Fsp3) is 0.267. The summed E-state index contributed by atoms with van der Waals surface area (Å²) in [6.07, 6.45) is -1.54. The summed E-state index contributed by atoms with van der Waals surface area (Å²) < 4.78 is 40.9. The first kappa shape index (κ1) is 32.4. The third-order valence-corrected chi connectivity index (χ3v) is 7.72. The number of carbonyl (C=O) groups is 2. The molecule has 0 bridgehead atoms. The van der Waals surface area contributed by atoms with Crippen LogP contribution in [0.5, 0.6) is 0 Å². The number of hydrogen-bond acceptors (Lipinski definition) is 9. The average molecular weight is 628 g/mol. The zero-order valence-electron chi connectivity index (χ0n) is 24.1. The largest absolute Gasteiger partial charge is 0.477 e. The lowest BCUT2D eigenvalue weighted by Crippen LogP contribution is -2.44. The average Bonchev–Trinajstić information content (AvgIpc) is 3.46. The van der Waals surface area contributed by atoms with Crippen LogP contribution in [0.3, 0.4) is 0 Å². The molecule has 1 aliphatic heterocycles. The van der Waals surface area contributed by atoms with Crippen LogP contribution in [0.25, 0.3) is 0 Å². The number of anilines is 4. The highest BCUT2D eigenvalue weighted by atomic mass is 32.1. The molecule has 0 spiro atoms. The molecule has 1 amide bonds. The van der Waals surface area contributed by atoms with Crippen molar-refractivity contribution in [3.05, 3.63) is 94.1 Å². The van der Waals surface area contributed by atoms with Crippen LogP contribution in [0.1, 0.15) is 36.7 Å². The van der Waals surface area contributed by atoms with E-state index in [0.29, 0.717) is 22.2 Å². The third-order valence-electron chi connectivity index (χ3n) is 6.82. The number of hydrogen-bond donors (Lipinski definition) is 4. The highest BCUT2D eigenvalue weighted by molar-refractivity contribution is 7.17. The van der Waals surface area contributed by atoms with Gasteiger partial charge in [-0.2, -0.15) is 13.2 Å². The van der Waals surface area contributed by atoms with Crippen LogP contribution in [-0.4, -0.2) is 70.0 Å². The predicted octanol–water partition coefficient (Wildman–Crippen LogP) is 5.58. The van der Waals surface area contributed by atoms with E-state index in [4.69, 9.17) is 10.8 Å².